The average molecular weight is 287 g/mol. The normalized spacial score (nSPS) is 9.60. The van der Waals surface area contributed by atoms with Gasteiger partial charge in [-0.05, 0) is 19.8 Å². The molecule has 0 saturated carbocycles. The molecule has 1 amide bonds. The van der Waals surface area contributed by atoms with E-state index in [0.29, 0.717) is 18.8 Å². The Morgan fingerprint density at radius 1 is 0.950 bits per heavy atom. The molecule has 0 unspecified atom stereocenters. The molecular weight excluding hydrogens is 254 g/mol. The van der Waals surface area contributed by atoms with Gasteiger partial charge >= 0.3 is 0 Å². The van der Waals surface area contributed by atoms with Crippen molar-refractivity contribution in [2.45, 2.75) is 72.6 Å². The average Bonchev–Trinajstić information content (AvgIpc) is 2.49. The largest absolute Gasteiger partial charge is 0.372 e. The van der Waals surface area contributed by atoms with E-state index in [4.69, 9.17) is 4.74 Å². The second kappa shape index (κ2) is 18.1. The van der Waals surface area contributed by atoms with Crippen molar-refractivity contribution < 1.29 is 14.3 Å². The monoisotopic (exact) mass is 287 g/mol. The number of Topliss-reactive ketones (excluding diaryl/α,β-unsaturated/α-hetero) is 1. The van der Waals surface area contributed by atoms with Crippen LogP contribution in [0.4, 0.5) is 0 Å². The summed E-state index contributed by atoms with van der Waals surface area (Å²) in [6, 6.07) is 0. The first-order valence-electron chi connectivity index (χ1n) is 8.06. The topological polar surface area (TPSA) is 55.4 Å². The Hall–Kier alpha value is -0.900. The van der Waals surface area contributed by atoms with Crippen LogP contribution in [-0.2, 0) is 14.3 Å². The second-order valence-corrected chi connectivity index (χ2v) is 4.40. The molecule has 120 valence electrons. The maximum atomic E-state index is 11.2. The molecule has 0 aromatic heterocycles. The molecule has 1 N–H and O–H groups in total. The van der Waals surface area contributed by atoms with Crippen LogP contribution in [0, 0.1) is 0 Å². The fourth-order valence-electron chi connectivity index (χ4n) is 1.63. The lowest BCUT2D eigenvalue weighted by atomic mass is 10.1. The zero-order valence-corrected chi connectivity index (χ0v) is 13.8. The van der Waals surface area contributed by atoms with Gasteiger partial charge in [0, 0.05) is 26.0 Å². The Kier molecular flexibility index (Phi) is 19.4. The van der Waals surface area contributed by atoms with Gasteiger partial charge in [0.25, 0.3) is 0 Å². The van der Waals surface area contributed by atoms with E-state index in [2.05, 4.69) is 5.32 Å². The van der Waals surface area contributed by atoms with Crippen LogP contribution in [-0.4, -0.2) is 31.4 Å². The molecule has 0 aliphatic carbocycles. The fourth-order valence-corrected chi connectivity index (χ4v) is 1.63. The Labute approximate surface area is 124 Å². The third-order valence-electron chi connectivity index (χ3n) is 2.79. The van der Waals surface area contributed by atoms with Gasteiger partial charge in [0.05, 0.1) is 0 Å². The predicted molar refractivity (Wildman–Crippen MR) is 83.9 cm³/mol. The summed E-state index contributed by atoms with van der Waals surface area (Å²) in [5.74, 6) is 0.323. The van der Waals surface area contributed by atoms with Crippen molar-refractivity contribution in [3.05, 3.63) is 0 Å². The number of ketones is 1. The molecule has 0 fully saturated rings. The minimum Gasteiger partial charge on any atom is -0.372 e. The molecular formula is C16H33NO3. The number of carbonyl (C=O) groups excluding carboxylic acids is 2. The van der Waals surface area contributed by atoms with E-state index in [1.807, 2.05) is 27.7 Å². The van der Waals surface area contributed by atoms with Crippen LogP contribution in [0.15, 0.2) is 0 Å². The van der Waals surface area contributed by atoms with Crippen molar-refractivity contribution >= 4 is 11.7 Å². The Balaban J connectivity index is 0. The van der Waals surface area contributed by atoms with Gasteiger partial charge < -0.3 is 10.1 Å². The molecule has 0 rings (SSSR count). The highest BCUT2D eigenvalue weighted by atomic mass is 16.5. The highest BCUT2D eigenvalue weighted by Crippen LogP contribution is 2.06. The van der Waals surface area contributed by atoms with E-state index in [1.165, 1.54) is 0 Å². The molecule has 0 radical (unpaired) electrons. The van der Waals surface area contributed by atoms with Crippen LogP contribution in [0.3, 0.4) is 0 Å². The van der Waals surface area contributed by atoms with Gasteiger partial charge in [0.2, 0.25) is 5.91 Å². The Morgan fingerprint density at radius 3 is 2.15 bits per heavy atom. The molecule has 4 heteroatoms. The molecule has 20 heavy (non-hydrogen) atoms. The number of carbonyl (C=O) groups is 2. The molecule has 0 spiro atoms. The first kappa shape index (κ1) is 21.4. The van der Waals surface area contributed by atoms with Crippen molar-refractivity contribution in [3.63, 3.8) is 0 Å². The summed E-state index contributed by atoms with van der Waals surface area (Å²) in [5, 5.41) is 2.82. The van der Waals surface area contributed by atoms with Crippen molar-refractivity contribution in [2.75, 3.05) is 19.8 Å². The number of hydrogen-bond acceptors (Lipinski definition) is 3. The van der Waals surface area contributed by atoms with Crippen LogP contribution < -0.4 is 5.32 Å². The Bertz CT molecular complexity index is 230. The zero-order valence-electron chi connectivity index (χ0n) is 13.8. The lowest BCUT2D eigenvalue weighted by Crippen LogP contribution is -2.28. The van der Waals surface area contributed by atoms with Gasteiger partial charge in [-0.15, -0.1) is 0 Å². The standard InChI is InChI=1S/C14H27NO3.C2H6/c1-3-13(16)10-8-6-5-7-9-11-15-14(17)12-18-4-2;1-2/h3-12H2,1-2H3,(H,15,17);1-2H3. The van der Waals surface area contributed by atoms with Crippen molar-refractivity contribution in [2.24, 2.45) is 0 Å². The van der Waals surface area contributed by atoms with Gasteiger partial charge in [-0.25, -0.2) is 0 Å². The quantitative estimate of drug-likeness (QED) is 0.559. The molecule has 0 heterocycles. The summed E-state index contributed by atoms with van der Waals surface area (Å²) in [4.78, 5) is 22.2. The maximum Gasteiger partial charge on any atom is 0.245 e. The van der Waals surface area contributed by atoms with Gasteiger partial charge in [-0.3, -0.25) is 9.59 Å². The van der Waals surface area contributed by atoms with Crippen molar-refractivity contribution in [1.29, 1.82) is 0 Å². The smallest absolute Gasteiger partial charge is 0.245 e. The summed E-state index contributed by atoms with van der Waals surface area (Å²) < 4.78 is 4.99. The number of amides is 1. The van der Waals surface area contributed by atoms with Gasteiger partial charge in [-0.2, -0.15) is 0 Å². The number of nitrogens with one attached hydrogen (secondary N) is 1. The summed E-state index contributed by atoms with van der Waals surface area (Å²) >= 11 is 0. The van der Waals surface area contributed by atoms with Crippen molar-refractivity contribution in [3.8, 4) is 0 Å². The maximum absolute atomic E-state index is 11.2. The first-order chi connectivity index (χ1) is 9.70. The number of unbranched alkanes of at least 4 members (excludes halogenated alkanes) is 4. The number of ether oxygens (including phenoxy) is 1. The SMILES string of the molecule is CC.CCOCC(=O)NCCCCCCCC(=O)CC. The molecule has 0 aliphatic rings. The van der Waals surface area contributed by atoms with Crippen LogP contribution in [0.5, 0.6) is 0 Å². The highest BCUT2D eigenvalue weighted by Gasteiger charge is 2.00. The summed E-state index contributed by atoms with van der Waals surface area (Å²) in [6.45, 7) is 9.24. The van der Waals surface area contributed by atoms with E-state index in [-0.39, 0.29) is 12.5 Å². The molecule has 0 aliphatic heterocycles. The summed E-state index contributed by atoms with van der Waals surface area (Å²) in [7, 11) is 0. The Morgan fingerprint density at radius 2 is 1.55 bits per heavy atom. The number of rotatable bonds is 12. The van der Waals surface area contributed by atoms with E-state index in [9.17, 15) is 9.59 Å². The van der Waals surface area contributed by atoms with Gasteiger partial charge in [-0.1, -0.05) is 40.0 Å². The molecule has 0 bridgehead atoms. The molecule has 4 nitrogen and oxygen atoms in total. The third kappa shape index (κ3) is 17.1. The third-order valence-corrected chi connectivity index (χ3v) is 2.79. The van der Waals surface area contributed by atoms with Gasteiger partial charge in [0.15, 0.2) is 0 Å². The number of hydrogen-bond donors (Lipinski definition) is 1. The molecule has 0 saturated heterocycles. The minimum absolute atomic E-state index is 0.0367. The zero-order chi connectivity index (χ0) is 15.6. The van der Waals surface area contributed by atoms with E-state index < -0.39 is 0 Å². The lowest BCUT2D eigenvalue weighted by molar-refractivity contribution is -0.125. The minimum atomic E-state index is -0.0367. The molecule has 0 aromatic carbocycles. The van der Waals surface area contributed by atoms with Crippen LogP contribution in [0.1, 0.15) is 72.6 Å². The first-order valence-corrected chi connectivity index (χ1v) is 8.06. The van der Waals surface area contributed by atoms with E-state index >= 15 is 0 Å². The predicted octanol–water partition coefficient (Wildman–Crippen LogP) is 3.49. The van der Waals surface area contributed by atoms with Crippen LogP contribution >= 0.6 is 0 Å². The fraction of sp³-hybridized carbons (Fsp3) is 0.875. The molecule has 0 atom stereocenters. The van der Waals surface area contributed by atoms with Crippen LogP contribution in [0.2, 0.25) is 0 Å². The van der Waals surface area contributed by atoms with E-state index in [0.717, 1.165) is 45.1 Å². The molecule has 0 aromatic rings. The lowest BCUT2D eigenvalue weighted by Gasteiger charge is -2.05. The van der Waals surface area contributed by atoms with Gasteiger partial charge in [0.1, 0.15) is 12.4 Å². The summed E-state index contributed by atoms with van der Waals surface area (Å²) in [6.07, 6.45) is 6.74. The summed E-state index contributed by atoms with van der Waals surface area (Å²) in [5.41, 5.74) is 0. The van der Waals surface area contributed by atoms with Crippen molar-refractivity contribution in [1.82, 2.24) is 5.32 Å². The second-order valence-electron chi connectivity index (χ2n) is 4.40. The highest BCUT2D eigenvalue weighted by molar-refractivity contribution is 5.77. The van der Waals surface area contributed by atoms with Crippen LogP contribution in [0.25, 0.3) is 0 Å². The van der Waals surface area contributed by atoms with E-state index in [1.54, 1.807) is 0 Å².